The average molecular weight is 423 g/mol. The Bertz CT molecular complexity index is 1170. The molecule has 0 spiro atoms. The number of alkyl halides is 3. The van der Waals surface area contributed by atoms with E-state index in [2.05, 4.69) is 10.4 Å². The van der Waals surface area contributed by atoms with Gasteiger partial charge in [0.25, 0.3) is 5.91 Å². The van der Waals surface area contributed by atoms with Crippen molar-refractivity contribution < 1.29 is 26.4 Å². The third-order valence-corrected chi connectivity index (χ3v) is 5.19. The number of rotatable bonds is 4. The van der Waals surface area contributed by atoms with Gasteiger partial charge in [0.1, 0.15) is 0 Å². The third kappa shape index (κ3) is 4.48. The summed E-state index contributed by atoms with van der Waals surface area (Å²) in [7, 11) is -3.54. The highest BCUT2D eigenvalue weighted by atomic mass is 32.2. The minimum absolute atomic E-state index is 0.0501. The molecule has 0 fully saturated rings. The number of hydrogen-bond donors (Lipinski definition) is 1. The molecule has 1 N–H and O–H groups in total. The Hall–Kier alpha value is -3.14. The number of hydrogen-bond acceptors (Lipinski definition) is 4. The summed E-state index contributed by atoms with van der Waals surface area (Å²) in [5.74, 6) is -1.05. The van der Waals surface area contributed by atoms with Crippen molar-refractivity contribution >= 4 is 21.4 Å². The zero-order chi connectivity index (χ0) is 21.4. The SMILES string of the molecule is Cc1ccc(-n2ncc(C(=O)Nc3cccc(S(C)(=O)=O)c3)c2C(F)(F)F)cc1. The first-order valence-electron chi connectivity index (χ1n) is 8.30. The van der Waals surface area contributed by atoms with Crippen LogP contribution < -0.4 is 5.32 Å². The zero-order valence-electron chi connectivity index (χ0n) is 15.4. The molecule has 0 saturated heterocycles. The Morgan fingerprint density at radius 3 is 2.34 bits per heavy atom. The van der Waals surface area contributed by atoms with Gasteiger partial charge in [0, 0.05) is 11.9 Å². The van der Waals surface area contributed by atoms with Gasteiger partial charge >= 0.3 is 6.18 Å². The number of carbonyl (C=O) groups is 1. The Kier molecular flexibility index (Phi) is 5.22. The molecule has 1 amide bonds. The van der Waals surface area contributed by atoms with Crippen LogP contribution in [0.3, 0.4) is 0 Å². The van der Waals surface area contributed by atoms with Crippen LogP contribution in [0.5, 0.6) is 0 Å². The van der Waals surface area contributed by atoms with Gasteiger partial charge in [-0.1, -0.05) is 23.8 Å². The van der Waals surface area contributed by atoms with Gasteiger partial charge in [-0.3, -0.25) is 4.79 Å². The van der Waals surface area contributed by atoms with Crippen LogP contribution in [-0.2, 0) is 16.0 Å². The molecule has 0 aliphatic carbocycles. The number of nitrogens with zero attached hydrogens (tertiary/aromatic N) is 2. The summed E-state index contributed by atoms with van der Waals surface area (Å²) in [6, 6.07) is 11.5. The van der Waals surface area contributed by atoms with E-state index in [1.165, 1.54) is 36.4 Å². The topological polar surface area (TPSA) is 81.1 Å². The number of carbonyl (C=O) groups excluding carboxylic acids is 1. The van der Waals surface area contributed by atoms with E-state index in [0.717, 1.165) is 18.0 Å². The number of aryl methyl sites for hydroxylation is 1. The largest absolute Gasteiger partial charge is 0.434 e. The van der Waals surface area contributed by atoms with E-state index in [-0.39, 0.29) is 16.3 Å². The number of anilines is 1. The maximum absolute atomic E-state index is 13.7. The second-order valence-electron chi connectivity index (χ2n) is 6.41. The lowest BCUT2D eigenvalue weighted by Gasteiger charge is -2.13. The standard InChI is InChI=1S/C19H16F3N3O3S/c1-12-6-8-14(9-7-12)25-17(19(20,21)22)16(11-23-25)18(26)24-13-4-3-5-15(10-13)29(2,27)28/h3-11H,1-2H3,(H,24,26). The van der Waals surface area contributed by atoms with E-state index in [1.54, 1.807) is 19.1 Å². The van der Waals surface area contributed by atoms with Crippen molar-refractivity contribution in [2.45, 2.75) is 18.0 Å². The molecule has 1 heterocycles. The number of benzene rings is 2. The second-order valence-corrected chi connectivity index (χ2v) is 8.42. The molecule has 3 aromatic rings. The lowest BCUT2D eigenvalue weighted by Crippen LogP contribution is -2.20. The number of amides is 1. The predicted molar refractivity (Wildman–Crippen MR) is 101 cm³/mol. The first kappa shape index (κ1) is 20.6. The number of sulfone groups is 1. The van der Waals surface area contributed by atoms with E-state index in [1.807, 2.05) is 0 Å². The van der Waals surface area contributed by atoms with Gasteiger partial charge in [0.05, 0.1) is 22.3 Å². The Balaban J connectivity index is 2.01. The molecule has 6 nitrogen and oxygen atoms in total. The van der Waals surface area contributed by atoms with Gasteiger partial charge in [-0.25, -0.2) is 13.1 Å². The van der Waals surface area contributed by atoms with Crippen LogP contribution >= 0.6 is 0 Å². The quantitative estimate of drug-likeness (QED) is 0.691. The van der Waals surface area contributed by atoms with Gasteiger partial charge in [0.15, 0.2) is 15.5 Å². The van der Waals surface area contributed by atoms with Gasteiger partial charge < -0.3 is 5.32 Å². The van der Waals surface area contributed by atoms with Crippen molar-refractivity contribution in [3.63, 3.8) is 0 Å². The Morgan fingerprint density at radius 2 is 1.76 bits per heavy atom. The summed E-state index contributed by atoms with van der Waals surface area (Å²) >= 11 is 0. The van der Waals surface area contributed by atoms with Crippen LogP contribution in [-0.4, -0.2) is 30.4 Å². The van der Waals surface area contributed by atoms with E-state index in [4.69, 9.17) is 0 Å². The zero-order valence-corrected chi connectivity index (χ0v) is 16.2. The highest BCUT2D eigenvalue weighted by Gasteiger charge is 2.40. The summed E-state index contributed by atoms with van der Waals surface area (Å²) in [5.41, 5.74) is -0.839. The van der Waals surface area contributed by atoms with Crippen LogP contribution in [0.15, 0.2) is 59.6 Å². The smallest absolute Gasteiger partial charge is 0.322 e. The number of nitrogens with one attached hydrogen (secondary N) is 1. The number of halogens is 3. The lowest BCUT2D eigenvalue weighted by atomic mass is 10.2. The maximum atomic E-state index is 13.7. The van der Waals surface area contributed by atoms with Crippen molar-refractivity contribution in [3.8, 4) is 5.69 Å². The normalized spacial score (nSPS) is 12.0. The Labute approximate surface area is 164 Å². The van der Waals surface area contributed by atoms with Gasteiger partial charge in [-0.05, 0) is 37.3 Å². The average Bonchev–Trinajstić information content (AvgIpc) is 3.07. The molecule has 0 bridgehead atoms. The van der Waals surface area contributed by atoms with Crippen molar-refractivity contribution in [2.75, 3.05) is 11.6 Å². The molecule has 29 heavy (non-hydrogen) atoms. The summed E-state index contributed by atoms with van der Waals surface area (Å²) in [6.45, 7) is 1.79. The fourth-order valence-corrected chi connectivity index (χ4v) is 3.34. The molecule has 0 aliphatic rings. The van der Waals surface area contributed by atoms with E-state index < -0.39 is 33.2 Å². The molecule has 0 atom stereocenters. The van der Waals surface area contributed by atoms with Crippen LogP contribution in [0, 0.1) is 6.92 Å². The van der Waals surface area contributed by atoms with E-state index >= 15 is 0 Å². The summed E-state index contributed by atoms with van der Waals surface area (Å²) < 4.78 is 65.0. The summed E-state index contributed by atoms with van der Waals surface area (Å²) in [4.78, 5) is 12.5. The van der Waals surface area contributed by atoms with E-state index in [0.29, 0.717) is 4.68 Å². The molecule has 3 rings (SSSR count). The second kappa shape index (κ2) is 7.36. The Morgan fingerprint density at radius 1 is 1.10 bits per heavy atom. The van der Waals surface area contributed by atoms with E-state index in [9.17, 15) is 26.4 Å². The molecule has 152 valence electrons. The summed E-state index contributed by atoms with van der Waals surface area (Å²) in [5, 5.41) is 6.04. The van der Waals surface area contributed by atoms with Crippen molar-refractivity contribution in [1.29, 1.82) is 0 Å². The fourth-order valence-electron chi connectivity index (χ4n) is 2.67. The highest BCUT2D eigenvalue weighted by molar-refractivity contribution is 7.90. The van der Waals surface area contributed by atoms with Crippen LogP contribution in [0.25, 0.3) is 5.69 Å². The van der Waals surface area contributed by atoms with Crippen LogP contribution in [0.2, 0.25) is 0 Å². The molecular formula is C19H16F3N3O3S. The van der Waals surface area contributed by atoms with Crippen molar-refractivity contribution in [2.24, 2.45) is 0 Å². The minimum Gasteiger partial charge on any atom is -0.322 e. The monoisotopic (exact) mass is 423 g/mol. The van der Waals surface area contributed by atoms with Crippen molar-refractivity contribution in [1.82, 2.24) is 9.78 Å². The molecule has 0 radical (unpaired) electrons. The maximum Gasteiger partial charge on any atom is 0.434 e. The van der Waals surface area contributed by atoms with Crippen LogP contribution in [0.4, 0.5) is 18.9 Å². The molecule has 2 aromatic carbocycles. The number of aromatic nitrogens is 2. The molecule has 0 aliphatic heterocycles. The third-order valence-electron chi connectivity index (χ3n) is 4.08. The molecule has 0 unspecified atom stereocenters. The lowest BCUT2D eigenvalue weighted by molar-refractivity contribution is -0.143. The van der Waals surface area contributed by atoms with Crippen molar-refractivity contribution in [3.05, 3.63) is 71.5 Å². The van der Waals surface area contributed by atoms with Gasteiger partial charge in [0.2, 0.25) is 0 Å². The molecule has 0 saturated carbocycles. The minimum atomic E-state index is -4.84. The first-order valence-corrected chi connectivity index (χ1v) is 10.2. The van der Waals surface area contributed by atoms with Crippen LogP contribution in [0.1, 0.15) is 21.6 Å². The summed E-state index contributed by atoms with van der Waals surface area (Å²) in [6.07, 6.45) is -3.03. The predicted octanol–water partition coefficient (Wildman–Crippen LogP) is 3.86. The van der Waals surface area contributed by atoms with Gasteiger partial charge in [-0.15, -0.1) is 0 Å². The highest BCUT2D eigenvalue weighted by Crippen LogP contribution is 2.34. The fraction of sp³-hybridized carbons (Fsp3) is 0.158. The molecular weight excluding hydrogens is 407 g/mol. The molecule has 10 heteroatoms. The van der Waals surface area contributed by atoms with Gasteiger partial charge in [-0.2, -0.15) is 18.3 Å². The first-order chi connectivity index (χ1) is 13.5. The molecule has 1 aromatic heterocycles.